The summed E-state index contributed by atoms with van der Waals surface area (Å²) in [4.78, 5) is 14.9. The minimum atomic E-state index is -0.868. The highest BCUT2D eigenvalue weighted by Gasteiger charge is 2.13. The molecule has 0 aliphatic rings. The second-order valence-corrected chi connectivity index (χ2v) is 5.50. The molecule has 0 atom stereocenters. The molecule has 0 aliphatic carbocycles. The number of aryl methyl sites for hydroxylation is 2. The summed E-state index contributed by atoms with van der Waals surface area (Å²) in [6.07, 6.45) is 1.71. The number of benzene rings is 1. The number of aliphatic carboxylic acids is 1. The van der Waals surface area contributed by atoms with E-state index in [0.29, 0.717) is 10.2 Å². The van der Waals surface area contributed by atoms with E-state index in [9.17, 15) is 4.79 Å². The van der Waals surface area contributed by atoms with Gasteiger partial charge in [-0.3, -0.25) is 9.36 Å². The molecule has 2 aromatic rings. The first-order valence-corrected chi connectivity index (χ1v) is 7.01. The Labute approximate surface area is 120 Å². The van der Waals surface area contributed by atoms with Crippen molar-refractivity contribution in [3.8, 4) is 5.69 Å². The third-order valence-corrected chi connectivity index (χ3v) is 3.83. The Balaban J connectivity index is 2.46. The average Bonchev–Trinajstić information content (AvgIpc) is 2.71. The lowest BCUT2D eigenvalue weighted by Crippen LogP contribution is -2.03. The van der Waals surface area contributed by atoms with Crippen LogP contribution in [0.5, 0.6) is 0 Å². The van der Waals surface area contributed by atoms with E-state index in [0.717, 1.165) is 16.9 Å². The van der Waals surface area contributed by atoms with Gasteiger partial charge in [-0.25, -0.2) is 4.98 Å². The van der Waals surface area contributed by atoms with Gasteiger partial charge in [0.15, 0.2) is 5.16 Å². The Bertz CT molecular complexity index is 625. The van der Waals surface area contributed by atoms with E-state index in [1.54, 1.807) is 6.20 Å². The monoisotopic (exact) mass is 296 g/mol. The van der Waals surface area contributed by atoms with Crippen molar-refractivity contribution in [1.82, 2.24) is 9.55 Å². The van der Waals surface area contributed by atoms with Gasteiger partial charge in [0.2, 0.25) is 0 Å². The number of imidazole rings is 1. The molecule has 0 amide bonds. The zero-order valence-corrected chi connectivity index (χ0v) is 12.1. The molecule has 0 aliphatic heterocycles. The largest absolute Gasteiger partial charge is 0.481 e. The number of aromatic nitrogens is 2. The van der Waals surface area contributed by atoms with E-state index in [4.69, 9.17) is 16.7 Å². The molecule has 100 valence electrons. The maximum absolute atomic E-state index is 10.7. The van der Waals surface area contributed by atoms with Crippen molar-refractivity contribution >= 4 is 29.3 Å². The average molecular weight is 297 g/mol. The molecule has 19 heavy (non-hydrogen) atoms. The van der Waals surface area contributed by atoms with Crippen LogP contribution < -0.4 is 0 Å². The Kier molecular flexibility index (Phi) is 4.17. The lowest BCUT2D eigenvalue weighted by atomic mass is 10.2. The molecule has 1 heterocycles. The van der Waals surface area contributed by atoms with Crippen LogP contribution in [0.15, 0.2) is 29.6 Å². The molecule has 1 aromatic carbocycles. The zero-order valence-electron chi connectivity index (χ0n) is 10.6. The van der Waals surface area contributed by atoms with Crippen LogP contribution in [0.25, 0.3) is 5.69 Å². The number of carboxylic acids is 1. The number of carboxylic acid groups (broad SMARTS) is 1. The summed E-state index contributed by atoms with van der Waals surface area (Å²) >= 11 is 7.40. The SMILES string of the molecule is Cc1ccc(Cl)c(-n2c(C)cnc2SCC(=O)O)c1. The van der Waals surface area contributed by atoms with Crippen molar-refractivity contribution in [1.29, 1.82) is 0 Å². The highest BCUT2D eigenvalue weighted by atomic mass is 35.5. The van der Waals surface area contributed by atoms with E-state index >= 15 is 0 Å². The summed E-state index contributed by atoms with van der Waals surface area (Å²) in [7, 11) is 0. The van der Waals surface area contributed by atoms with Gasteiger partial charge in [-0.15, -0.1) is 0 Å². The van der Waals surface area contributed by atoms with Crippen LogP contribution in [0.2, 0.25) is 5.02 Å². The van der Waals surface area contributed by atoms with Crippen LogP contribution in [0.3, 0.4) is 0 Å². The van der Waals surface area contributed by atoms with Gasteiger partial charge in [0.1, 0.15) is 0 Å². The number of nitrogens with zero attached hydrogens (tertiary/aromatic N) is 2. The molecule has 4 nitrogen and oxygen atoms in total. The summed E-state index contributed by atoms with van der Waals surface area (Å²) in [5, 5.41) is 10.0. The Hall–Kier alpha value is -1.46. The first kappa shape index (κ1) is 14.0. The molecular weight excluding hydrogens is 284 g/mol. The maximum Gasteiger partial charge on any atom is 0.313 e. The van der Waals surface area contributed by atoms with Crippen LogP contribution in [-0.4, -0.2) is 26.4 Å². The Morgan fingerprint density at radius 1 is 1.47 bits per heavy atom. The molecule has 0 fully saturated rings. The van der Waals surface area contributed by atoms with E-state index in [1.165, 1.54) is 11.8 Å². The predicted octanol–water partition coefficient (Wildman–Crippen LogP) is 3.32. The number of hydrogen-bond donors (Lipinski definition) is 1. The maximum atomic E-state index is 10.7. The van der Waals surface area contributed by atoms with Crippen molar-refractivity contribution in [2.24, 2.45) is 0 Å². The van der Waals surface area contributed by atoms with Crippen LogP contribution in [0, 0.1) is 13.8 Å². The van der Waals surface area contributed by atoms with Crippen LogP contribution >= 0.6 is 23.4 Å². The topological polar surface area (TPSA) is 55.1 Å². The van der Waals surface area contributed by atoms with Gasteiger partial charge >= 0.3 is 5.97 Å². The molecule has 0 saturated carbocycles. The van der Waals surface area contributed by atoms with Crippen molar-refractivity contribution < 1.29 is 9.90 Å². The fourth-order valence-electron chi connectivity index (χ4n) is 1.73. The van der Waals surface area contributed by atoms with Gasteiger partial charge < -0.3 is 5.11 Å². The number of thioether (sulfide) groups is 1. The normalized spacial score (nSPS) is 10.7. The quantitative estimate of drug-likeness (QED) is 0.879. The molecule has 0 radical (unpaired) electrons. The lowest BCUT2D eigenvalue weighted by Gasteiger charge is -2.12. The molecule has 0 saturated heterocycles. The molecule has 0 unspecified atom stereocenters. The summed E-state index contributed by atoms with van der Waals surface area (Å²) in [6, 6.07) is 5.72. The van der Waals surface area contributed by atoms with Gasteiger partial charge in [-0.05, 0) is 31.5 Å². The first-order valence-electron chi connectivity index (χ1n) is 5.64. The van der Waals surface area contributed by atoms with E-state index in [2.05, 4.69) is 4.98 Å². The van der Waals surface area contributed by atoms with Crippen molar-refractivity contribution in [2.45, 2.75) is 19.0 Å². The predicted molar refractivity (Wildman–Crippen MR) is 76.4 cm³/mol. The minimum Gasteiger partial charge on any atom is -0.481 e. The Morgan fingerprint density at radius 2 is 2.21 bits per heavy atom. The fraction of sp³-hybridized carbons (Fsp3) is 0.231. The second-order valence-electron chi connectivity index (χ2n) is 4.15. The van der Waals surface area contributed by atoms with Gasteiger partial charge in [-0.1, -0.05) is 29.4 Å². The number of carbonyl (C=O) groups is 1. The number of rotatable bonds is 4. The summed E-state index contributed by atoms with van der Waals surface area (Å²) in [6.45, 7) is 3.90. The van der Waals surface area contributed by atoms with Crippen LogP contribution in [0.4, 0.5) is 0 Å². The van der Waals surface area contributed by atoms with Gasteiger partial charge in [-0.2, -0.15) is 0 Å². The summed E-state index contributed by atoms with van der Waals surface area (Å²) < 4.78 is 1.88. The van der Waals surface area contributed by atoms with E-state index in [-0.39, 0.29) is 5.75 Å². The standard InChI is InChI=1S/C13H13ClN2O2S/c1-8-3-4-10(14)11(5-8)16-9(2)6-15-13(16)19-7-12(17)18/h3-6H,7H2,1-2H3,(H,17,18). The molecule has 6 heteroatoms. The lowest BCUT2D eigenvalue weighted by molar-refractivity contribution is -0.133. The van der Waals surface area contributed by atoms with Crippen molar-refractivity contribution in [3.63, 3.8) is 0 Å². The first-order chi connectivity index (χ1) is 8.99. The number of hydrogen-bond acceptors (Lipinski definition) is 3. The highest BCUT2D eigenvalue weighted by molar-refractivity contribution is 7.99. The molecule has 1 N–H and O–H groups in total. The van der Waals surface area contributed by atoms with E-state index in [1.807, 2.05) is 36.6 Å². The van der Waals surface area contributed by atoms with Gasteiger partial charge in [0.05, 0.1) is 16.5 Å². The van der Waals surface area contributed by atoms with Gasteiger partial charge in [0, 0.05) is 11.9 Å². The Morgan fingerprint density at radius 3 is 2.89 bits per heavy atom. The van der Waals surface area contributed by atoms with E-state index < -0.39 is 5.97 Å². The van der Waals surface area contributed by atoms with Crippen LogP contribution in [-0.2, 0) is 4.79 Å². The van der Waals surface area contributed by atoms with Gasteiger partial charge in [0.25, 0.3) is 0 Å². The van der Waals surface area contributed by atoms with Crippen molar-refractivity contribution in [3.05, 3.63) is 40.7 Å². The zero-order chi connectivity index (χ0) is 14.0. The molecular formula is C13H13ClN2O2S. The summed E-state index contributed by atoms with van der Waals surface area (Å²) in [5.41, 5.74) is 2.83. The second kappa shape index (κ2) is 5.67. The molecule has 0 bridgehead atoms. The van der Waals surface area contributed by atoms with Crippen molar-refractivity contribution in [2.75, 3.05) is 5.75 Å². The molecule has 2 rings (SSSR count). The summed E-state index contributed by atoms with van der Waals surface area (Å²) in [5.74, 6) is -0.896. The fourth-order valence-corrected chi connectivity index (χ4v) is 2.68. The smallest absolute Gasteiger partial charge is 0.313 e. The van der Waals surface area contributed by atoms with Crippen LogP contribution in [0.1, 0.15) is 11.3 Å². The third kappa shape index (κ3) is 3.11. The minimum absolute atomic E-state index is 0.0279. The highest BCUT2D eigenvalue weighted by Crippen LogP contribution is 2.28. The third-order valence-electron chi connectivity index (χ3n) is 2.57. The molecule has 0 spiro atoms. The number of halogens is 1. The molecule has 1 aromatic heterocycles.